The van der Waals surface area contributed by atoms with E-state index in [-0.39, 0.29) is 13.2 Å². The highest BCUT2D eigenvalue weighted by molar-refractivity contribution is 6.42. The summed E-state index contributed by atoms with van der Waals surface area (Å²) in [7, 11) is 0. The lowest BCUT2D eigenvalue weighted by atomic mass is 10.2. The minimum Gasteiger partial charge on any atom is -0.488 e. The van der Waals surface area contributed by atoms with E-state index in [0.29, 0.717) is 31.6 Å². The second-order valence-corrected chi connectivity index (χ2v) is 9.26. The smallest absolute Gasteiger partial charge is 0.215 e. The second kappa shape index (κ2) is 10.5. The number of aromatic nitrogens is 8. The fourth-order valence-corrected chi connectivity index (χ4v) is 3.64. The van der Waals surface area contributed by atoms with Gasteiger partial charge in [0.2, 0.25) is 11.4 Å². The molecule has 0 N–H and O–H groups in total. The number of hydrogen-bond donors (Lipinski definition) is 0. The highest BCUT2D eigenvalue weighted by atomic mass is 35.5. The van der Waals surface area contributed by atoms with Crippen molar-refractivity contribution in [3.8, 4) is 11.5 Å². The molecule has 0 aliphatic heterocycles. The van der Waals surface area contributed by atoms with Crippen molar-refractivity contribution in [2.24, 2.45) is 0 Å². The molecule has 0 aliphatic carbocycles. The zero-order valence-electron chi connectivity index (χ0n) is 18.3. The van der Waals surface area contributed by atoms with Crippen LogP contribution in [0.25, 0.3) is 0 Å². The molecular weight excluding hydrogens is 542 g/mol. The van der Waals surface area contributed by atoms with Crippen LogP contribution in [0, 0.1) is 0 Å². The molecule has 15 heteroatoms. The Labute approximate surface area is 219 Å². The van der Waals surface area contributed by atoms with Crippen LogP contribution in [0.15, 0.2) is 49.1 Å². The van der Waals surface area contributed by atoms with Crippen molar-refractivity contribution in [3.63, 3.8) is 0 Å². The molecule has 0 radical (unpaired) electrons. The number of nitrogens with zero attached hydrogens (tertiary/aromatic N) is 8. The van der Waals surface area contributed by atoms with Crippen molar-refractivity contribution >= 4 is 46.4 Å². The first-order chi connectivity index (χ1) is 16.7. The minimum atomic E-state index is -1.31. The normalized spacial score (nSPS) is 14.8. The fraction of sp³-hybridized carbons (Fsp3) is 0.300. The average molecular weight is 560 g/mol. The molecule has 2 atom stereocenters. The fourth-order valence-electron chi connectivity index (χ4n) is 3.07. The maximum Gasteiger partial charge on any atom is 0.215 e. The minimum absolute atomic E-state index is 0.0572. The van der Waals surface area contributed by atoms with E-state index in [1.54, 1.807) is 50.2 Å². The van der Waals surface area contributed by atoms with Gasteiger partial charge in [-0.15, -0.1) is 30.0 Å². The van der Waals surface area contributed by atoms with Gasteiger partial charge in [-0.1, -0.05) is 46.4 Å². The Hall–Kier alpha value is -2.70. The first-order valence-corrected chi connectivity index (χ1v) is 11.5. The van der Waals surface area contributed by atoms with Crippen LogP contribution < -0.4 is 9.47 Å². The maximum absolute atomic E-state index is 6.49. The summed E-state index contributed by atoms with van der Waals surface area (Å²) in [4.78, 5) is 2.53. The zero-order valence-corrected chi connectivity index (χ0v) is 21.4. The molecule has 2 aromatic carbocycles. The molecule has 0 saturated carbocycles. The topological polar surface area (TPSA) is 115 Å². The van der Waals surface area contributed by atoms with Gasteiger partial charge in [-0.2, -0.15) is 0 Å². The third-order valence-corrected chi connectivity index (χ3v) is 6.26. The monoisotopic (exact) mass is 558 g/mol. The van der Waals surface area contributed by atoms with Gasteiger partial charge in [0.25, 0.3) is 0 Å². The van der Waals surface area contributed by atoms with E-state index in [2.05, 4.69) is 30.8 Å². The molecule has 0 amide bonds. The molecular formula is C20H18Cl4N8O3. The van der Waals surface area contributed by atoms with Crippen LogP contribution in [-0.4, -0.2) is 53.6 Å². The van der Waals surface area contributed by atoms with Gasteiger partial charge in [-0.25, -0.2) is 0 Å². The number of rotatable bonds is 10. The molecule has 35 heavy (non-hydrogen) atoms. The van der Waals surface area contributed by atoms with E-state index in [1.165, 1.54) is 22.2 Å². The molecule has 0 bridgehead atoms. The lowest BCUT2D eigenvalue weighted by Crippen LogP contribution is -2.52. The molecule has 2 aromatic heterocycles. The van der Waals surface area contributed by atoms with Crippen LogP contribution >= 0.6 is 46.4 Å². The van der Waals surface area contributed by atoms with Gasteiger partial charge in [0.05, 0.1) is 20.1 Å². The van der Waals surface area contributed by atoms with Gasteiger partial charge < -0.3 is 14.2 Å². The van der Waals surface area contributed by atoms with Crippen molar-refractivity contribution in [2.45, 2.75) is 25.3 Å². The number of benzene rings is 2. The first kappa shape index (κ1) is 25.4. The van der Waals surface area contributed by atoms with Gasteiger partial charge in [-0.3, -0.25) is 0 Å². The maximum atomic E-state index is 6.49. The molecule has 2 unspecified atom stereocenters. The number of tetrazole rings is 2. The van der Waals surface area contributed by atoms with Crippen molar-refractivity contribution in [1.82, 2.24) is 40.4 Å². The largest absolute Gasteiger partial charge is 0.488 e. The van der Waals surface area contributed by atoms with Crippen LogP contribution in [0.2, 0.25) is 20.1 Å². The van der Waals surface area contributed by atoms with Crippen molar-refractivity contribution in [1.29, 1.82) is 0 Å². The highest BCUT2D eigenvalue weighted by Crippen LogP contribution is 2.32. The summed E-state index contributed by atoms with van der Waals surface area (Å²) in [5.74, 6) is 0.920. The summed E-state index contributed by atoms with van der Waals surface area (Å²) in [5, 5.41) is 25.4. The van der Waals surface area contributed by atoms with Crippen LogP contribution in [0.5, 0.6) is 11.5 Å². The van der Waals surface area contributed by atoms with Crippen molar-refractivity contribution in [3.05, 3.63) is 69.1 Å². The summed E-state index contributed by atoms with van der Waals surface area (Å²) in [6.45, 7) is 3.30. The Morgan fingerprint density at radius 3 is 1.46 bits per heavy atom. The Morgan fingerprint density at radius 2 is 1.11 bits per heavy atom. The SMILES string of the molecule is CC(COc1ccc(Cl)c(Cl)c1)(OC(C)(COc1ccc(Cl)c(Cl)c1)n1ncnn1)n1ncnn1. The Morgan fingerprint density at radius 1 is 0.686 bits per heavy atom. The van der Waals surface area contributed by atoms with Crippen LogP contribution in [0.4, 0.5) is 0 Å². The van der Waals surface area contributed by atoms with E-state index in [9.17, 15) is 0 Å². The molecule has 0 spiro atoms. The van der Waals surface area contributed by atoms with E-state index < -0.39 is 11.4 Å². The molecule has 184 valence electrons. The lowest BCUT2D eigenvalue weighted by molar-refractivity contribution is -0.261. The summed E-state index contributed by atoms with van der Waals surface area (Å²) in [6.07, 6.45) is 2.55. The van der Waals surface area contributed by atoms with Gasteiger partial charge in [0.1, 0.15) is 24.7 Å². The van der Waals surface area contributed by atoms with Gasteiger partial charge in [0.15, 0.2) is 12.7 Å². The third kappa shape index (κ3) is 5.93. The van der Waals surface area contributed by atoms with Crippen molar-refractivity contribution in [2.75, 3.05) is 13.2 Å². The summed E-state index contributed by atoms with van der Waals surface area (Å²) in [6, 6.07) is 9.78. The molecule has 11 nitrogen and oxygen atoms in total. The zero-order chi connectivity index (χ0) is 25.1. The summed E-state index contributed by atoms with van der Waals surface area (Å²) in [5.41, 5.74) is -2.63. The van der Waals surface area contributed by atoms with E-state index in [1.807, 2.05) is 0 Å². The average Bonchev–Trinajstić information content (AvgIpc) is 3.56. The summed E-state index contributed by atoms with van der Waals surface area (Å²) < 4.78 is 18.4. The van der Waals surface area contributed by atoms with Crippen LogP contribution in [0.3, 0.4) is 0 Å². The molecule has 4 rings (SSSR count). The predicted molar refractivity (Wildman–Crippen MR) is 128 cm³/mol. The number of ether oxygens (including phenoxy) is 3. The standard InChI is InChI=1S/C20H18Cl4N8O3/c1-19(31-27-11-25-29-31,9-33-13-3-5-15(21)17(23)7-13)35-20(2,32-28-12-26-30-32)10-34-14-4-6-16(22)18(24)8-14/h3-8,11-12H,9-10H2,1-2H3. The van der Waals surface area contributed by atoms with E-state index in [4.69, 9.17) is 60.6 Å². The third-order valence-electron chi connectivity index (χ3n) is 4.78. The Bertz CT molecular complexity index is 1180. The molecule has 0 saturated heterocycles. The van der Waals surface area contributed by atoms with Gasteiger partial charge >= 0.3 is 0 Å². The van der Waals surface area contributed by atoms with Gasteiger partial charge in [-0.05, 0) is 48.5 Å². The molecule has 4 aromatic rings. The second-order valence-electron chi connectivity index (χ2n) is 7.63. The summed E-state index contributed by atoms with van der Waals surface area (Å²) >= 11 is 24.2. The van der Waals surface area contributed by atoms with Crippen LogP contribution in [-0.2, 0) is 16.2 Å². The number of halogens is 4. The van der Waals surface area contributed by atoms with E-state index in [0.717, 1.165) is 0 Å². The Kier molecular flexibility index (Phi) is 7.62. The first-order valence-electron chi connectivity index (χ1n) is 10.0. The van der Waals surface area contributed by atoms with Crippen LogP contribution in [0.1, 0.15) is 13.8 Å². The van der Waals surface area contributed by atoms with Gasteiger partial charge in [0, 0.05) is 12.1 Å². The molecule has 0 aliphatic rings. The molecule has 0 fully saturated rings. The molecule has 2 heterocycles. The lowest BCUT2D eigenvalue weighted by Gasteiger charge is -2.37. The quantitative estimate of drug-likeness (QED) is 0.277. The number of hydrogen-bond acceptors (Lipinski definition) is 9. The highest BCUT2D eigenvalue weighted by Gasteiger charge is 2.43. The van der Waals surface area contributed by atoms with E-state index >= 15 is 0 Å². The predicted octanol–water partition coefficient (Wildman–Crippen LogP) is 4.49. The van der Waals surface area contributed by atoms with Crippen molar-refractivity contribution < 1.29 is 14.2 Å². The Balaban J connectivity index is 1.61.